The summed E-state index contributed by atoms with van der Waals surface area (Å²) in [6, 6.07) is 104. The van der Waals surface area contributed by atoms with Crippen LogP contribution < -0.4 is 9.80 Å². The number of benzene rings is 12. The molecule has 1 aliphatic carbocycles. The molecule has 0 radical (unpaired) electrons. The van der Waals surface area contributed by atoms with Crippen molar-refractivity contribution in [1.82, 2.24) is 0 Å². The first-order chi connectivity index (χ1) is 36.7. The average molecular weight is 959 g/mol. The maximum atomic E-state index is 2.51. The molecular weight excluding hydrogens is 913 g/mol. The van der Waals surface area contributed by atoms with Gasteiger partial charge in [-0.3, -0.25) is 0 Å². The molecular formula is C71H46N2S. The molecule has 0 saturated heterocycles. The van der Waals surface area contributed by atoms with Gasteiger partial charge in [-0.15, -0.1) is 11.3 Å². The molecule has 346 valence electrons. The average Bonchev–Trinajstić information content (AvgIpc) is 4.07. The van der Waals surface area contributed by atoms with Crippen LogP contribution in [0.25, 0.3) is 75.5 Å². The molecule has 2 aliphatic rings. The summed E-state index contributed by atoms with van der Waals surface area (Å²) in [5.74, 6) is 0. The largest absolute Gasteiger partial charge is 0.310 e. The van der Waals surface area contributed by atoms with Gasteiger partial charge in [-0.05, 0) is 133 Å². The van der Waals surface area contributed by atoms with E-state index in [-0.39, 0.29) is 0 Å². The molecule has 0 unspecified atom stereocenters. The highest BCUT2D eigenvalue weighted by molar-refractivity contribution is 7.26. The number of thiophene rings is 1. The van der Waals surface area contributed by atoms with Crippen LogP contribution in [0.5, 0.6) is 0 Å². The number of nitrogens with zero attached hydrogens (tertiary/aromatic N) is 2. The van der Waals surface area contributed by atoms with Crippen LogP contribution in [0.1, 0.15) is 22.3 Å². The Hall–Kier alpha value is -9.28. The lowest BCUT2D eigenvalue weighted by Gasteiger charge is -2.45. The molecule has 2 nitrogen and oxygen atoms in total. The molecule has 0 saturated carbocycles. The zero-order valence-corrected chi connectivity index (χ0v) is 41.2. The summed E-state index contributed by atoms with van der Waals surface area (Å²) >= 11 is 1.88. The fourth-order valence-corrected chi connectivity index (χ4v) is 13.8. The van der Waals surface area contributed by atoms with E-state index in [2.05, 4.69) is 289 Å². The predicted octanol–water partition coefficient (Wildman–Crippen LogP) is 19.8. The van der Waals surface area contributed by atoms with Crippen molar-refractivity contribution in [2.75, 3.05) is 9.80 Å². The Kier molecular flexibility index (Phi) is 9.70. The third kappa shape index (κ3) is 6.30. The third-order valence-corrected chi connectivity index (χ3v) is 16.9. The molecule has 1 aromatic heterocycles. The van der Waals surface area contributed by atoms with E-state index in [0.29, 0.717) is 0 Å². The van der Waals surface area contributed by atoms with Gasteiger partial charge >= 0.3 is 0 Å². The first kappa shape index (κ1) is 42.4. The minimum atomic E-state index is -0.612. The molecule has 1 aliphatic heterocycles. The van der Waals surface area contributed by atoms with Gasteiger partial charge in [-0.2, -0.15) is 0 Å². The lowest BCUT2D eigenvalue weighted by molar-refractivity contribution is 0.752. The first-order valence-corrected chi connectivity index (χ1v) is 26.3. The summed E-state index contributed by atoms with van der Waals surface area (Å²) in [6.07, 6.45) is 0. The maximum absolute atomic E-state index is 2.51. The van der Waals surface area contributed by atoms with E-state index >= 15 is 0 Å². The normalized spacial score (nSPS) is 12.9. The smallest absolute Gasteiger partial charge is 0.0755 e. The van der Waals surface area contributed by atoms with Crippen LogP contribution in [-0.2, 0) is 5.41 Å². The second kappa shape index (κ2) is 16.9. The third-order valence-electron chi connectivity index (χ3n) is 15.7. The highest BCUT2D eigenvalue weighted by Crippen LogP contribution is 2.64. The number of rotatable bonds is 7. The lowest BCUT2D eigenvalue weighted by atomic mass is 9.64. The van der Waals surface area contributed by atoms with Gasteiger partial charge in [-0.25, -0.2) is 0 Å². The van der Waals surface area contributed by atoms with E-state index in [1.807, 2.05) is 11.3 Å². The molecule has 1 spiro atoms. The maximum Gasteiger partial charge on any atom is 0.0755 e. The van der Waals surface area contributed by atoms with Gasteiger partial charge in [0.1, 0.15) is 0 Å². The van der Waals surface area contributed by atoms with Crippen LogP contribution in [-0.4, -0.2) is 0 Å². The summed E-state index contributed by atoms with van der Waals surface area (Å²) in [5, 5.41) is 5.08. The molecule has 0 atom stereocenters. The van der Waals surface area contributed by atoms with Gasteiger partial charge in [0.15, 0.2) is 0 Å². The summed E-state index contributed by atoms with van der Waals surface area (Å²) in [5.41, 5.74) is 21.0. The van der Waals surface area contributed by atoms with Crippen molar-refractivity contribution < 1.29 is 0 Å². The van der Waals surface area contributed by atoms with Crippen molar-refractivity contribution in [3.8, 4) is 44.5 Å². The van der Waals surface area contributed by atoms with Crippen molar-refractivity contribution in [3.63, 3.8) is 0 Å². The topological polar surface area (TPSA) is 6.48 Å². The Bertz CT molecular complexity index is 4290. The summed E-state index contributed by atoms with van der Waals surface area (Å²) in [4.78, 5) is 4.96. The Labute approximate surface area is 435 Å². The van der Waals surface area contributed by atoms with Gasteiger partial charge < -0.3 is 9.80 Å². The number of fused-ring (bicyclic) bond motifs is 13. The molecule has 12 aromatic carbocycles. The standard InChI is InChI=1S/C71H46N2S/c1-2-22-49(23-3-1)73-67-37-15-12-34-63(67)71(64-35-13-16-38-68(64)73)62-33-11-8-27-57(62)58-45-44-51(46-65(58)71)72(50-42-40-48(41-43-50)53-30-19-32-61-60-29-10-17-39-69(60)74-70(53)61)66-36-14-9-28-59(66)56-26-7-6-25-55(56)54-31-18-21-47-20-4-5-24-52(47)54/h1-46H. The zero-order chi connectivity index (χ0) is 48.7. The molecule has 13 aromatic rings. The summed E-state index contributed by atoms with van der Waals surface area (Å²) < 4.78 is 2.63. The number of para-hydroxylation sites is 4. The molecule has 0 N–H and O–H groups in total. The molecule has 3 heteroatoms. The van der Waals surface area contributed by atoms with Crippen molar-refractivity contribution >= 4 is 76.4 Å². The highest BCUT2D eigenvalue weighted by Gasteiger charge is 2.52. The first-order valence-electron chi connectivity index (χ1n) is 25.5. The Morgan fingerprint density at radius 1 is 0.324 bits per heavy atom. The van der Waals surface area contributed by atoms with E-state index in [4.69, 9.17) is 0 Å². The fourth-order valence-electron chi connectivity index (χ4n) is 12.6. The summed E-state index contributed by atoms with van der Waals surface area (Å²) in [6.45, 7) is 0. The van der Waals surface area contributed by atoms with E-state index in [1.54, 1.807) is 0 Å². The van der Waals surface area contributed by atoms with Crippen LogP contribution in [0.2, 0.25) is 0 Å². The zero-order valence-electron chi connectivity index (χ0n) is 40.4. The van der Waals surface area contributed by atoms with Gasteiger partial charge in [-0.1, -0.05) is 218 Å². The molecule has 15 rings (SSSR count). The Morgan fingerprint density at radius 3 is 1.64 bits per heavy atom. The van der Waals surface area contributed by atoms with Gasteiger partial charge in [0.2, 0.25) is 0 Å². The quantitative estimate of drug-likeness (QED) is 0.157. The van der Waals surface area contributed by atoms with Crippen LogP contribution in [0.3, 0.4) is 0 Å². The second-order valence-electron chi connectivity index (χ2n) is 19.5. The molecule has 0 amide bonds. The van der Waals surface area contributed by atoms with E-state index in [9.17, 15) is 0 Å². The summed E-state index contributed by atoms with van der Waals surface area (Å²) in [7, 11) is 0. The monoisotopic (exact) mass is 958 g/mol. The molecule has 2 heterocycles. The highest BCUT2D eigenvalue weighted by atomic mass is 32.1. The van der Waals surface area contributed by atoms with Crippen molar-refractivity contribution in [3.05, 3.63) is 301 Å². The minimum absolute atomic E-state index is 0.612. The predicted molar refractivity (Wildman–Crippen MR) is 313 cm³/mol. The van der Waals surface area contributed by atoms with E-state index in [1.165, 1.54) is 104 Å². The second-order valence-corrected chi connectivity index (χ2v) is 20.5. The number of hydrogen-bond acceptors (Lipinski definition) is 3. The van der Waals surface area contributed by atoms with E-state index in [0.717, 1.165) is 28.3 Å². The number of anilines is 6. The number of hydrogen-bond donors (Lipinski definition) is 0. The van der Waals surface area contributed by atoms with Crippen molar-refractivity contribution in [1.29, 1.82) is 0 Å². The lowest BCUT2D eigenvalue weighted by Crippen LogP contribution is -2.36. The SMILES string of the molecule is c1ccc(N2c3ccccc3C3(c4ccccc4-c4ccc(N(c5ccc(-c6cccc7c6sc6ccccc67)cc5)c5ccccc5-c5ccccc5-c5cccc6ccccc56)cc43)c3ccccc32)cc1. The van der Waals surface area contributed by atoms with Crippen LogP contribution in [0.4, 0.5) is 34.1 Å². The van der Waals surface area contributed by atoms with Crippen LogP contribution >= 0.6 is 11.3 Å². The van der Waals surface area contributed by atoms with Gasteiger partial charge in [0, 0.05) is 42.8 Å². The Balaban J connectivity index is 0.973. The molecule has 0 fully saturated rings. The molecule has 74 heavy (non-hydrogen) atoms. The molecule has 0 bridgehead atoms. The van der Waals surface area contributed by atoms with Crippen molar-refractivity contribution in [2.24, 2.45) is 0 Å². The van der Waals surface area contributed by atoms with Crippen molar-refractivity contribution in [2.45, 2.75) is 5.41 Å². The van der Waals surface area contributed by atoms with Crippen LogP contribution in [0.15, 0.2) is 279 Å². The van der Waals surface area contributed by atoms with Gasteiger partial charge in [0.05, 0.1) is 22.5 Å². The van der Waals surface area contributed by atoms with Gasteiger partial charge in [0.25, 0.3) is 0 Å². The van der Waals surface area contributed by atoms with Crippen LogP contribution in [0, 0.1) is 0 Å². The van der Waals surface area contributed by atoms with E-state index < -0.39 is 5.41 Å². The Morgan fingerprint density at radius 2 is 0.851 bits per heavy atom. The fraction of sp³-hybridized carbons (Fsp3) is 0.0141. The minimum Gasteiger partial charge on any atom is -0.310 e.